The van der Waals surface area contributed by atoms with Gasteiger partial charge in [-0.3, -0.25) is 4.79 Å². The molecule has 0 heterocycles. The smallest absolute Gasteiger partial charge is 0.338 e. The number of para-hydroxylation sites is 2. The third kappa shape index (κ3) is 4.23. The van der Waals surface area contributed by atoms with Crippen molar-refractivity contribution in [2.75, 3.05) is 18.2 Å². The molecule has 3 N–H and O–H groups in total. The first-order chi connectivity index (χ1) is 11.0. The van der Waals surface area contributed by atoms with Crippen LogP contribution in [0, 0.1) is 0 Å². The number of ether oxygens (including phenoxy) is 2. The van der Waals surface area contributed by atoms with Crippen LogP contribution < -0.4 is 15.8 Å². The molecule has 0 radical (unpaired) electrons. The summed E-state index contributed by atoms with van der Waals surface area (Å²) in [5.41, 5.74) is 6.87. The molecule has 1 atom stereocenters. The Labute approximate surface area is 134 Å². The molecule has 1 unspecified atom stereocenters. The third-order valence-electron chi connectivity index (χ3n) is 3.14. The molecule has 6 nitrogen and oxygen atoms in total. The number of anilines is 2. The predicted octanol–water partition coefficient (Wildman–Crippen LogP) is 2.46. The first kappa shape index (κ1) is 16.4. The second-order valence-electron chi connectivity index (χ2n) is 4.86. The summed E-state index contributed by atoms with van der Waals surface area (Å²) < 4.78 is 10.3. The predicted molar refractivity (Wildman–Crippen MR) is 87.4 cm³/mol. The van der Waals surface area contributed by atoms with Gasteiger partial charge in [0.1, 0.15) is 5.75 Å². The number of carbonyl (C=O) groups is 2. The van der Waals surface area contributed by atoms with E-state index in [1.807, 2.05) is 0 Å². The second kappa shape index (κ2) is 7.31. The van der Waals surface area contributed by atoms with Gasteiger partial charge >= 0.3 is 5.97 Å². The Balaban J connectivity index is 2.01. The Morgan fingerprint density at radius 3 is 2.57 bits per heavy atom. The van der Waals surface area contributed by atoms with E-state index in [4.69, 9.17) is 15.2 Å². The van der Waals surface area contributed by atoms with E-state index in [-0.39, 0.29) is 0 Å². The highest BCUT2D eigenvalue weighted by molar-refractivity contribution is 5.98. The average Bonchev–Trinajstić information content (AvgIpc) is 2.55. The molecule has 0 aliphatic rings. The lowest BCUT2D eigenvalue weighted by Gasteiger charge is -2.15. The molecule has 0 fully saturated rings. The van der Waals surface area contributed by atoms with Gasteiger partial charge in [-0.15, -0.1) is 0 Å². The van der Waals surface area contributed by atoms with E-state index >= 15 is 0 Å². The van der Waals surface area contributed by atoms with Gasteiger partial charge in [-0.05, 0) is 37.3 Å². The van der Waals surface area contributed by atoms with Gasteiger partial charge in [0.15, 0.2) is 6.10 Å². The number of nitrogen functional groups attached to an aromatic ring is 1. The molecule has 23 heavy (non-hydrogen) atoms. The quantitative estimate of drug-likeness (QED) is 0.653. The lowest BCUT2D eigenvalue weighted by atomic mass is 10.2. The van der Waals surface area contributed by atoms with Crippen molar-refractivity contribution in [3.05, 3.63) is 54.1 Å². The number of carbonyl (C=O) groups excluding carboxylic acids is 2. The summed E-state index contributed by atoms with van der Waals surface area (Å²) in [6.45, 7) is 1.49. The van der Waals surface area contributed by atoms with Crippen molar-refractivity contribution in [1.82, 2.24) is 0 Å². The van der Waals surface area contributed by atoms with Crippen LogP contribution in [0.4, 0.5) is 11.4 Å². The first-order valence-corrected chi connectivity index (χ1v) is 7.01. The molecule has 6 heteroatoms. The van der Waals surface area contributed by atoms with Crippen molar-refractivity contribution < 1.29 is 19.1 Å². The van der Waals surface area contributed by atoms with Crippen LogP contribution in [0.3, 0.4) is 0 Å². The van der Waals surface area contributed by atoms with E-state index in [2.05, 4.69) is 5.32 Å². The van der Waals surface area contributed by atoms with E-state index in [9.17, 15) is 9.59 Å². The lowest BCUT2D eigenvalue weighted by molar-refractivity contribution is -0.123. The Bertz CT molecular complexity index is 715. The zero-order chi connectivity index (χ0) is 16.8. The van der Waals surface area contributed by atoms with Crippen LogP contribution in [0.2, 0.25) is 0 Å². The van der Waals surface area contributed by atoms with Gasteiger partial charge in [0, 0.05) is 5.69 Å². The fourth-order valence-electron chi connectivity index (χ4n) is 1.93. The summed E-state index contributed by atoms with van der Waals surface area (Å²) >= 11 is 0. The normalized spacial score (nSPS) is 11.4. The van der Waals surface area contributed by atoms with Crippen molar-refractivity contribution in [3.63, 3.8) is 0 Å². The van der Waals surface area contributed by atoms with Crippen molar-refractivity contribution in [3.8, 4) is 5.75 Å². The highest BCUT2D eigenvalue weighted by Crippen LogP contribution is 2.23. The van der Waals surface area contributed by atoms with Crippen LogP contribution in [0.25, 0.3) is 0 Å². The largest absolute Gasteiger partial charge is 0.495 e. The van der Waals surface area contributed by atoms with Crippen LogP contribution in [0.15, 0.2) is 48.5 Å². The number of methoxy groups -OCH3 is 1. The highest BCUT2D eigenvalue weighted by Gasteiger charge is 2.20. The molecule has 0 saturated carbocycles. The molecule has 0 aliphatic heterocycles. The number of rotatable bonds is 5. The number of hydrogen-bond acceptors (Lipinski definition) is 5. The van der Waals surface area contributed by atoms with E-state index in [1.165, 1.54) is 20.1 Å². The van der Waals surface area contributed by atoms with Crippen LogP contribution in [0.1, 0.15) is 17.3 Å². The number of nitrogens with one attached hydrogen (secondary N) is 1. The maximum Gasteiger partial charge on any atom is 0.338 e. The molecule has 120 valence electrons. The Hall–Kier alpha value is -3.02. The van der Waals surface area contributed by atoms with Gasteiger partial charge in [0.25, 0.3) is 5.91 Å². The zero-order valence-corrected chi connectivity index (χ0v) is 12.9. The van der Waals surface area contributed by atoms with Gasteiger partial charge in [-0.2, -0.15) is 0 Å². The summed E-state index contributed by atoms with van der Waals surface area (Å²) in [6, 6.07) is 13.3. The van der Waals surface area contributed by atoms with E-state index in [0.717, 1.165) is 0 Å². The van der Waals surface area contributed by atoms with Crippen LogP contribution >= 0.6 is 0 Å². The van der Waals surface area contributed by atoms with Gasteiger partial charge in [-0.1, -0.05) is 18.2 Å². The number of amides is 1. The van der Waals surface area contributed by atoms with Crippen molar-refractivity contribution >= 4 is 23.3 Å². The van der Waals surface area contributed by atoms with E-state index in [0.29, 0.717) is 22.7 Å². The molecule has 1 amide bonds. The summed E-state index contributed by atoms with van der Waals surface area (Å²) in [4.78, 5) is 24.2. The Morgan fingerprint density at radius 2 is 1.87 bits per heavy atom. The van der Waals surface area contributed by atoms with Gasteiger partial charge in [0.2, 0.25) is 0 Å². The summed E-state index contributed by atoms with van der Waals surface area (Å²) in [5.74, 6) is -0.540. The first-order valence-electron chi connectivity index (χ1n) is 7.01. The summed E-state index contributed by atoms with van der Waals surface area (Å²) in [6.07, 6.45) is -0.964. The lowest BCUT2D eigenvalue weighted by Crippen LogP contribution is -2.30. The molecular weight excluding hydrogens is 296 g/mol. The highest BCUT2D eigenvalue weighted by atomic mass is 16.5. The number of benzene rings is 2. The summed E-state index contributed by atoms with van der Waals surface area (Å²) in [5, 5.41) is 2.66. The zero-order valence-electron chi connectivity index (χ0n) is 12.9. The monoisotopic (exact) mass is 314 g/mol. The van der Waals surface area contributed by atoms with Crippen LogP contribution in [-0.2, 0) is 9.53 Å². The fourth-order valence-corrected chi connectivity index (χ4v) is 1.93. The Morgan fingerprint density at radius 1 is 1.13 bits per heavy atom. The molecule has 0 aliphatic carbocycles. The topological polar surface area (TPSA) is 90.6 Å². The molecule has 2 aromatic carbocycles. The van der Waals surface area contributed by atoms with Crippen LogP contribution in [0.5, 0.6) is 5.75 Å². The fraction of sp³-hybridized carbons (Fsp3) is 0.176. The maximum atomic E-state index is 12.1. The van der Waals surface area contributed by atoms with E-state index < -0.39 is 18.0 Å². The Kier molecular flexibility index (Phi) is 5.19. The van der Waals surface area contributed by atoms with E-state index in [1.54, 1.807) is 42.5 Å². The SMILES string of the molecule is COc1ccccc1NC(=O)C(C)OC(=O)c1cccc(N)c1. The molecule has 0 aromatic heterocycles. The maximum absolute atomic E-state index is 12.1. The molecule has 0 saturated heterocycles. The van der Waals surface area contributed by atoms with Gasteiger partial charge in [-0.25, -0.2) is 4.79 Å². The molecule has 0 bridgehead atoms. The van der Waals surface area contributed by atoms with Gasteiger partial charge in [0.05, 0.1) is 18.4 Å². The minimum Gasteiger partial charge on any atom is -0.495 e. The second-order valence-corrected chi connectivity index (χ2v) is 4.86. The van der Waals surface area contributed by atoms with Crippen molar-refractivity contribution in [2.45, 2.75) is 13.0 Å². The minimum atomic E-state index is -0.964. The average molecular weight is 314 g/mol. The van der Waals surface area contributed by atoms with Gasteiger partial charge < -0.3 is 20.5 Å². The molecule has 2 aromatic rings. The number of nitrogens with two attached hydrogens (primary N) is 1. The van der Waals surface area contributed by atoms with Crippen LogP contribution in [-0.4, -0.2) is 25.1 Å². The van der Waals surface area contributed by atoms with Crippen molar-refractivity contribution in [2.24, 2.45) is 0 Å². The number of esters is 1. The standard InChI is InChI=1S/C17H18N2O4/c1-11(23-17(21)12-6-5-7-13(18)10-12)16(20)19-14-8-3-4-9-15(14)22-2/h3-11H,18H2,1-2H3,(H,19,20). The van der Waals surface area contributed by atoms with Crippen molar-refractivity contribution in [1.29, 1.82) is 0 Å². The third-order valence-corrected chi connectivity index (χ3v) is 3.14. The number of hydrogen-bond donors (Lipinski definition) is 2. The summed E-state index contributed by atoms with van der Waals surface area (Å²) in [7, 11) is 1.51. The molecule has 2 rings (SSSR count). The minimum absolute atomic E-state index is 0.293. The molecular formula is C17H18N2O4. The molecule has 0 spiro atoms.